The molecule has 0 aliphatic carbocycles. The lowest BCUT2D eigenvalue weighted by Gasteiger charge is -2.34. The van der Waals surface area contributed by atoms with Gasteiger partial charge in [-0.15, -0.1) is 0 Å². The summed E-state index contributed by atoms with van der Waals surface area (Å²) >= 11 is 0. The Morgan fingerprint density at radius 1 is 1.10 bits per heavy atom. The lowest BCUT2D eigenvalue weighted by molar-refractivity contribution is -0.324. The van der Waals surface area contributed by atoms with Gasteiger partial charge in [0.15, 0.2) is 0 Å². The molecule has 1 aromatic carbocycles. The van der Waals surface area contributed by atoms with Crippen molar-refractivity contribution >= 4 is 11.6 Å². The summed E-state index contributed by atoms with van der Waals surface area (Å²) in [5.74, 6) is -2.13. The van der Waals surface area contributed by atoms with Crippen LogP contribution in [0, 0.1) is 12.3 Å². The van der Waals surface area contributed by atoms with Crippen LogP contribution in [0.1, 0.15) is 18.9 Å². The molecule has 0 spiro atoms. The van der Waals surface area contributed by atoms with Gasteiger partial charge in [-0.1, -0.05) is 19.1 Å². The molecule has 0 unspecified atom stereocenters. The van der Waals surface area contributed by atoms with E-state index in [1.165, 1.54) is 18.2 Å². The topological polar surface area (TPSA) is 29.1 Å². The molecule has 0 aromatic heterocycles. The molecule has 118 valence electrons. The number of hydrogen-bond donors (Lipinski definition) is 1. The second kappa shape index (κ2) is 5.57. The van der Waals surface area contributed by atoms with Crippen LogP contribution >= 0.6 is 0 Å². The van der Waals surface area contributed by atoms with Crippen LogP contribution in [0.5, 0.6) is 0 Å². The zero-order valence-electron chi connectivity index (χ0n) is 11.2. The van der Waals surface area contributed by atoms with Crippen molar-refractivity contribution in [2.45, 2.75) is 32.6 Å². The third kappa shape index (κ3) is 3.14. The van der Waals surface area contributed by atoms with Crippen LogP contribution in [0.25, 0.3) is 0 Å². The molecule has 1 amide bonds. The fourth-order valence-electron chi connectivity index (χ4n) is 1.94. The fourth-order valence-corrected chi connectivity index (χ4v) is 1.94. The number of benzene rings is 1. The second-order valence-electron chi connectivity index (χ2n) is 4.58. The number of amides is 1. The third-order valence-corrected chi connectivity index (χ3v) is 3.16. The zero-order chi connectivity index (χ0) is 16.5. The molecule has 2 nitrogen and oxygen atoms in total. The van der Waals surface area contributed by atoms with Crippen molar-refractivity contribution in [3.63, 3.8) is 0 Å². The molecule has 21 heavy (non-hydrogen) atoms. The minimum Gasteiger partial charge on any atom is -0.325 e. The van der Waals surface area contributed by atoms with Crippen LogP contribution in [0.4, 0.5) is 32.0 Å². The van der Waals surface area contributed by atoms with Gasteiger partial charge in [0.1, 0.15) is 0 Å². The number of hydrogen-bond acceptors (Lipinski definition) is 1. The minimum absolute atomic E-state index is 0.119. The number of carbonyl (C=O) groups is 1. The van der Waals surface area contributed by atoms with Crippen LogP contribution in [-0.2, 0) is 4.79 Å². The number of nitrogens with one attached hydrogen (secondary N) is 1. The van der Waals surface area contributed by atoms with Gasteiger partial charge in [0, 0.05) is 5.69 Å². The summed E-state index contributed by atoms with van der Waals surface area (Å²) in [6, 6.07) is 5.51. The highest BCUT2D eigenvalue weighted by molar-refractivity contribution is 5.96. The quantitative estimate of drug-likeness (QED) is 0.821. The summed E-state index contributed by atoms with van der Waals surface area (Å²) in [4.78, 5) is 11.7. The van der Waals surface area contributed by atoms with Gasteiger partial charge in [-0.25, -0.2) is 0 Å². The van der Waals surface area contributed by atoms with E-state index in [4.69, 9.17) is 0 Å². The molecule has 1 rings (SSSR count). The fraction of sp³-hybridized carbons (Fsp3) is 0.462. The standard InChI is InChI=1S/C13H13F6NO/c1-3-11(12(14,15)16,13(17,18)19)10(21)20-9-6-4-5-8(2)7-9/h4-7H,3H2,1-2H3,(H,20,21). The number of aryl methyl sites for hydroxylation is 1. The normalized spacial score (nSPS) is 13.1. The maximum Gasteiger partial charge on any atom is 0.412 e. The first-order valence-corrected chi connectivity index (χ1v) is 5.97. The Labute approximate surface area is 117 Å². The molecule has 0 fully saturated rings. The Balaban J connectivity index is 3.25. The Kier molecular flexibility index (Phi) is 4.60. The molecule has 8 heteroatoms. The molecule has 0 heterocycles. The lowest BCUT2D eigenvalue weighted by atomic mass is 9.82. The third-order valence-electron chi connectivity index (χ3n) is 3.16. The van der Waals surface area contributed by atoms with Crippen LogP contribution in [0.2, 0.25) is 0 Å². The zero-order valence-corrected chi connectivity index (χ0v) is 11.2. The maximum absolute atomic E-state index is 12.9. The van der Waals surface area contributed by atoms with E-state index >= 15 is 0 Å². The lowest BCUT2D eigenvalue weighted by Crippen LogP contribution is -2.57. The van der Waals surface area contributed by atoms with Gasteiger partial charge < -0.3 is 5.32 Å². The molecular weight excluding hydrogens is 300 g/mol. The molecule has 0 aliphatic heterocycles. The Morgan fingerprint density at radius 3 is 2.00 bits per heavy atom. The summed E-state index contributed by atoms with van der Waals surface area (Å²) in [5, 5.41) is 1.71. The highest BCUT2D eigenvalue weighted by atomic mass is 19.4. The van der Waals surface area contributed by atoms with Gasteiger partial charge >= 0.3 is 12.4 Å². The molecule has 0 saturated heterocycles. The van der Waals surface area contributed by atoms with E-state index in [9.17, 15) is 31.1 Å². The van der Waals surface area contributed by atoms with Crippen molar-refractivity contribution < 1.29 is 31.1 Å². The first-order valence-electron chi connectivity index (χ1n) is 5.97. The van der Waals surface area contributed by atoms with Gasteiger partial charge in [0.2, 0.25) is 11.3 Å². The van der Waals surface area contributed by atoms with Crippen LogP contribution in [0.15, 0.2) is 24.3 Å². The second-order valence-corrected chi connectivity index (χ2v) is 4.58. The average Bonchev–Trinajstić information content (AvgIpc) is 2.25. The molecule has 0 saturated carbocycles. The Hall–Kier alpha value is -1.73. The molecule has 0 atom stereocenters. The van der Waals surface area contributed by atoms with Crippen LogP contribution in [0.3, 0.4) is 0 Å². The summed E-state index contributed by atoms with van der Waals surface area (Å²) < 4.78 is 77.5. The predicted molar refractivity (Wildman–Crippen MR) is 64.6 cm³/mol. The largest absolute Gasteiger partial charge is 0.412 e. The van der Waals surface area contributed by atoms with E-state index in [2.05, 4.69) is 0 Å². The van der Waals surface area contributed by atoms with Crippen LogP contribution in [-0.4, -0.2) is 18.3 Å². The minimum atomic E-state index is -5.74. The smallest absolute Gasteiger partial charge is 0.325 e. The number of carbonyl (C=O) groups excluding carboxylic acids is 1. The summed E-state index contributed by atoms with van der Waals surface area (Å²) in [6.45, 7) is 2.27. The van der Waals surface area contributed by atoms with Crippen molar-refractivity contribution in [1.29, 1.82) is 0 Å². The van der Waals surface area contributed by atoms with E-state index in [-0.39, 0.29) is 5.69 Å². The number of anilines is 1. The number of halogens is 6. The first kappa shape index (κ1) is 17.3. The molecule has 0 radical (unpaired) electrons. The van der Waals surface area contributed by atoms with Gasteiger partial charge in [0.05, 0.1) is 0 Å². The molecule has 1 aromatic rings. The van der Waals surface area contributed by atoms with E-state index in [1.54, 1.807) is 18.3 Å². The molecule has 0 bridgehead atoms. The van der Waals surface area contributed by atoms with Crippen molar-refractivity contribution in [2.24, 2.45) is 5.41 Å². The summed E-state index contributed by atoms with van der Waals surface area (Å²) in [7, 11) is 0. The first-order chi connectivity index (χ1) is 9.45. The SMILES string of the molecule is CCC(C(=O)Nc1cccc(C)c1)(C(F)(F)F)C(F)(F)F. The Morgan fingerprint density at radius 2 is 1.62 bits per heavy atom. The van der Waals surface area contributed by atoms with E-state index in [0.29, 0.717) is 12.5 Å². The van der Waals surface area contributed by atoms with Gasteiger partial charge in [-0.3, -0.25) is 4.79 Å². The molecule has 0 aliphatic rings. The van der Waals surface area contributed by atoms with E-state index in [1.807, 2.05) is 0 Å². The highest BCUT2D eigenvalue weighted by Gasteiger charge is 2.74. The van der Waals surface area contributed by atoms with Gasteiger partial charge in [0.25, 0.3) is 0 Å². The summed E-state index contributed by atoms with van der Waals surface area (Å²) in [6.07, 6.45) is -12.9. The Bertz CT molecular complexity index is 506. The number of rotatable bonds is 3. The maximum atomic E-state index is 12.9. The van der Waals surface area contributed by atoms with E-state index in [0.717, 1.165) is 0 Å². The van der Waals surface area contributed by atoms with E-state index < -0.39 is 30.1 Å². The van der Waals surface area contributed by atoms with Gasteiger partial charge in [-0.2, -0.15) is 26.3 Å². The molecule has 1 N–H and O–H groups in total. The summed E-state index contributed by atoms with van der Waals surface area (Å²) in [5.41, 5.74) is -3.95. The van der Waals surface area contributed by atoms with Crippen molar-refractivity contribution in [1.82, 2.24) is 0 Å². The highest BCUT2D eigenvalue weighted by Crippen LogP contribution is 2.53. The van der Waals surface area contributed by atoms with Crippen LogP contribution < -0.4 is 5.32 Å². The van der Waals surface area contributed by atoms with Crippen molar-refractivity contribution in [3.05, 3.63) is 29.8 Å². The average molecular weight is 313 g/mol. The monoisotopic (exact) mass is 313 g/mol. The molecular formula is C13H13F6NO. The number of alkyl halides is 6. The van der Waals surface area contributed by atoms with Crippen molar-refractivity contribution in [2.75, 3.05) is 5.32 Å². The van der Waals surface area contributed by atoms with Crippen molar-refractivity contribution in [3.8, 4) is 0 Å². The predicted octanol–water partition coefficient (Wildman–Crippen LogP) is 4.45. The van der Waals surface area contributed by atoms with Gasteiger partial charge in [-0.05, 0) is 31.0 Å².